The van der Waals surface area contributed by atoms with Crippen LogP contribution in [0.15, 0.2) is 30.2 Å². The maximum absolute atomic E-state index is 11.0. The SMILES string of the molecule is CC(Cn1cccn1)NC1=CC(=O)CC1. The third-order valence-corrected chi connectivity index (χ3v) is 2.43. The van der Waals surface area contributed by atoms with Crippen molar-refractivity contribution in [2.75, 3.05) is 0 Å². The summed E-state index contributed by atoms with van der Waals surface area (Å²) in [4.78, 5) is 11.0. The summed E-state index contributed by atoms with van der Waals surface area (Å²) < 4.78 is 1.88. The highest BCUT2D eigenvalue weighted by atomic mass is 16.1. The van der Waals surface area contributed by atoms with Gasteiger partial charge in [-0.15, -0.1) is 0 Å². The Bertz CT molecular complexity index is 367. The van der Waals surface area contributed by atoms with Crippen molar-refractivity contribution in [1.82, 2.24) is 15.1 Å². The minimum atomic E-state index is 0.226. The lowest BCUT2D eigenvalue weighted by atomic mass is 10.3. The zero-order chi connectivity index (χ0) is 10.7. The van der Waals surface area contributed by atoms with Gasteiger partial charge < -0.3 is 5.32 Å². The first-order valence-electron chi connectivity index (χ1n) is 5.21. The molecule has 80 valence electrons. The second-order valence-electron chi connectivity index (χ2n) is 3.91. The quantitative estimate of drug-likeness (QED) is 0.801. The molecule has 0 aromatic carbocycles. The summed E-state index contributed by atoms with van der Waals surface area (Å²) in [5.41, 5.74) is 1.06. The standard InChI is InChI=1S/C11H15N3O/c1-9(8-14-6-2-5-12-14)13-10-3-4-11(15)7-10/h2,5-7,9,13H,3-4,8H2,1H3. The fourth-order valence-corrected chi connectivity index (χ4v) is 1.76. The van der Waals surface area contributed by atoms with E-state index in [0.29, 0.717) is 12.5 Å². The van der Waals surface area contributed by atoms with Crippen LogP contribution >= 0.6 is 0 Å². The van der Waals surface area contributed by atoms with E-state index in [1.165, 1.54) is 0 Å². The third kappa shape index (κ3) is 2.68. The van der Waals surface area contributed by atoms with Gasteiger partial charge in [-0.25, -0.2) is 0 Å². The van der Waals surface area contributed by atoms with Gasteiger partial charge in [0.1, 0.15) is 0 Å². The fourth-order valence-electron chi connectivity index (χ4n) is 1.76. The molecule has 0 amide bonds. The molecule has 0 saturated carbocycles. The highest BCUT2D eigenvalue weighted by molar-refractivity contribution is 5.92. The van der Waals surface area contributed by atoms with Crippen LogP contribution in [0.25, 0.3) is 0 Å². The molecule has 2 rings (SSSR count). The molecule has 0 radical (unpaired) electrons. The van der Waals surface area contributed by atoms with Crippen LogP contribution in [0.1, 0.15) is 19.8 Å². The molecule has 1 aliphatic carbocycles. The predicted molar refractivity (Wildman–Crippen MR) is 57.1 cm³/mol. The Labute approximate surface area is 89.0 Å². The molecule has 4 heteroatoms. The van der Waals surface area contributed by atoms with E-state index >= 15 is 0 Å². The number of hydrogen-bond acceptors (Lipinski definition) is 3. The van der Waals surface area contributed by atoms with Crippen LogP contribution in [0.4, 0.5) is 0 Å². The van der Waals surface area contributed by atoms with Crippen molar-refractivity contribution in [2.45, 2.75) is 32.4 Å². The molecule has 1 aromatic rings. The first-order valence-corrected chi connectivity index (χ1v) is 5.21. The number of nitrogens with one attached hydrogen (secondary N) is 1. The van der Waals surface area contributed by atoms with Crippen molar-refractivity contribution in [2.24, 2.45) is 0 Å². The van der Waals surface area contributed by atoms with E-state index in [2.05, 4.69) is 17.3 Å². The number of rotatable bonds is 4. The minimum absolute atomic E-state index is 0.226. The van der Waals surface area contributed by atoms with E-state index in [1.807, 2.05) is 16.9 Å². The molecule has 1 aromatic heterocycles. The molecule has 1 aliphatic rings. The van der Waals surface area contributed by atoms with Crippen LogP contribution in [0.3, 0.4) is 0 Å². The summed E-state index contributed by atoms with van der Waals surface area (Å²) in [6, 6.07) is 2.20. The summed E-state index contributed by atoms with van der Waals surface area (Å²) in [5.74, 6) is 0.226. The number of aromatic nitrogens is 2. The van der Waals surface area contributed by atoms with Gasteiger partial charge in [0.2, 0.25) is 0 Å². The molecule has 1 atom stereocenters. The van der Waals surface area contributed by atoms with Gasteiger partial charge in [0.05, 0.1) is 6.54 Å². The summed E-state index contributed by atoms with van der Waals surface area (Å²) in [6.07, 6.45) is 6.91. The predicted octanol–water partition coefficient (Wildman–Crippen LogP) is 1.11. The Balaban J connectivity index is 1.85. The fraction of sp³-hybridized carbons (Fsp3) is 0.455. The number of ketones is 1. The summed E-state index contributed by atoms with van der Waals surface area (Å²) in [5, 5.41) is 7.46. The van der Waals surface area contributed by atoms with Crippen LogP contribution in [-0.4, -0.2) is 21.6 Å². The maximum atomic E-state index is 11.0. The Hall–Kier alpha value is -1.58. The normalized spacial score (nSPS) is 17.7. The molecule has 0 bridgehead atoms. The third-order valence-electron chi connectivity index (χ3n) is 2.43. The average molecular weight is 205 g/mol. The number of carbonyl (C=O) groups is 1. The highest BCUT2D eigenvalue weighted by Gasteiger charge is 2.13. The van der Waals surface area contributed by atoms with E-state index in [4.69, 9.17) is 0 Å². The van der Waals surface area contributed by atoms with Crippen molar-refractivity contribution >= 4 is 5.78 Å². The topological polar surface area (TPSA) is 46.9 Å². The smallest absolute Gasteiger partial charge is 0.157 e. The number of allylic oxidation sites excluding steroid dienone is 2. The largest absolute Gasteiger partial charge is 0.384 e. The summed E-state index contributed by atoms with van der Waals surface area (Å²) in [7, 11) is 0. The maximum Gasteiger partial charge on any atom is 0.157 e. The number of nitrogens with zero attached hydrogens (tertiary/aromatic N) is 2. The molecule has 1 N–H and O–H groups in total. The van der Waals surface area contributed by atoms with Crippen molar-refractivity contribution in [3.63, 3.8) is 0 Å². The Morgan fingerprint density at radius 2 is 2.47 bits per heavy atom. The molecule has 0 aliphatic heterocycles. The van der Waals surface area contributed by atoms with Gasteiger partial charge in [0.15, 0.2) is 5.78 Å². The van der Waals surface area contributed by atoms with E-state index in [-0.39, 0.29) is 5.78 Å². The highest BCUT2D eigenvalue weighted by Crippen LogP contribution is 2.12. The van der Waals surface area contributed by atoms with Crippen molar-refractivity contribution in [3.05, 3.63) is 30.2 Å². The zero-order valence-electron chi connectivity index (χ0n) is 8.81. The van der Waals surface area contributed by atoms with Crippen LogP contribution in [0.2, 0.25) is 0 Å². The van der Waals surface area contributed by atoms with E-state index in [0.717, 1.165) is 18.7 Å². The number of hydrogen-bond donors (Lipinski definition) is 1. The van der Waals surface area contributed by atoms with E-state index in [1.54, 1.807) is 12.3 Å². The van der Waals surface area contributed by atoms with Crippen molar-refractivity contribution in [3.8, 4) is 0 Å². The van der Waals surface area contributed by atoms with Gasteiger partial charge in [-0.1, -0.05) is 0 Å². The molecule has 0 fully saturated rings. The second-order valence-corrected chi connectivity index (χ2v) is 3.91. The summed E-state index contributed by atoms with van der Waals surface area (Å²) >= 11 is 0. The van der Waals surface area contributed by atoms with Crippen molar-refractivity contribution < 1.29 is 4.79 Å². The average Bonchev–Trinajstić information content (AvgIpc) is 2.77. The monoisotopic (exact) mass is 205 g/mol. The molecule has 15 heavy (non-hydrogen) atoms. The lowest BCUT2D eigenvalue weighted by molar-refractivity contribution is -0.114. The molecular formula is C11H15N3O. The van der Waals surface area contributed by atoms with Crippen LogP contribution < -0.4 is 5.32 Å². The Kier molecular flexibility index (Phi) is 2.85. The molecule has 1 unspecified atom stereocenters. The number of carbonyl (C=O) groups excluding carboxylic acids is 1. The molecule has 1 heterocycles. The first kappa shape index (κ1) is 9.96. The van der Waals surface area contributed by atoms with Gasteiger partial charge in [0.25, 0.3) is 0 Å². The lowest BCUT2D eigenvalue weighted by Gasteiger charge is -2.15. The van der Waals surface area contributed by atoms with Crippen LogP contribution in [0.5, 0.6) is 0 Å². The van der Waals surface area contributed by atoms with Gasteiger partial charge in [-0.05, 0) is 19.4 Å². The van der Waals surface area contributed by atoms with Crippen LogP contribution in [-0.2, 0) is 11.3 Å². The second kappa shape index (κ2) is 4.29. The van der Waals surface area contributed by atoms with E-state index < -0.39 is 0 Å². The van der Waals surface area contributed by atoms with Crippen LogP contribution in [0, 0.1) is 0 Å². The molecule has 4 nitrogen and oxygen atoms in total. The van der Waals surface area contributed by atoms with Gasteiger partial charge in [-0.3, -0.25) is 9.48 Å². The zero-order valence-corrected chi connectivity index (χ0v) is 8.81. The summed E-state index contributed by atoms with van der Waals surface area (Å²) in [6.45, 7) is 2.91. The Morgan fingerprint density at radius 1 is 1.60 bits per heavy atom. The van der Waals surface area contributed by atoms with E-state index in [9.17, 15) is 4.79 Å². The van der Waals surface area contributed by atoms with Gasteiger partial charge in [0, 0.05) is 36.6 Å². The molecule has 0 spiro atoms. The first-order chi connectivity index (χ1) is 7.24. The van der Waals surface area contributed by atoms with Crippen molar-refractivity contribution in [1.29, 1.82) is 0 Å². The Morgan fingerprint density at radius 3 is 3.07 bits per heavy atom. The lowest BCUT2D eigenvalue weighted by Crippen LogP contribution is -2.29. The molecular weight excluding hydrogens is 190 g/mol. The van der Waals surface area contributed by atoms with Gasteiger partial charge >= 0.3 is 0 Å². The van der Waals surface area contributed by atoms with Gasteiger partial charge in [-0.2, -0.15) is 5.10 Å². The molecule has 0 saturated heterocycles. The minimum Gasteiger partial charge on any atom is -0.384 e.